The highest BCUT2D eigenvalue weighted by Crippen LogP contribution is 2.24. The Morgan fingerprint density at radius 2 is 2.00 bits per heavy atom. The minimum Gasteiger partial charge on any atom is -0.326 e. The first-order valence-electron chi connectivity index (χ1n) is 4.30. The third kappa shape index (κ3) is 2.57. The van der Waals surface area contributed by atoms with E-state index < -0.39 is 10.0 Å². The first-order valence-corrected chi connectivity index (χ1v) is 6.54. The molecular formula is C9H13BrN2O2S. The van der Waals surface area contributed by atoms with E-state index in [9.17, 15) is 8.42 Å². The Labute approximate surface area is 98.3 Å². The lowest BCUT2D eigenvalue weighted by Gasteiger charge is -2.13. The van der Waals surface area contributed by atoms with E-state index >= 15 is 0 Å². The summed E-state index contributed by atoms with van der Waals surface area (Å²) < 4.78 is 25.4. The van der Waals surface area contributed by atoms with Gasteiger partial charge in [0.05, 0.1) is 4.90 Å². The van der Waals surface area contributed by atoms with E-state index in [0.29, 0.717) is 11.0 Å². The van der Waals surface area contributed by atoms with Gasteiger partial charge in [-0.25, -0.2) is 12.7 Å². The SMILES string of the molecule is CN(C)S(=O)(=O)c1ccc(CN)cc1Br. The molecule has 0 bridgehead atoms. The van der Waals surface area contributed by atoms with Crippen molar-refractivity contribution in [3.8, 4) is 0 Å². The van der Waals surface area contributed by atoms with Crippen LogP contribution in [0.4, 0.5) is 0 Å². The Bertz CT molecular complexity index is 457. The van der Waals surface area contributed by atoms with Crippen molar-refractivity contribution in [2.24, 2.45) is 5.73 Å². The number of rotatable bonds is 3. The number of nitrogens with zero attached hydrogens (tertiary/aromatic N) is 1. The van der Waals surface area contributed by atoms with E-state index in [4.69, 9.17) is 5.73 Å². The van der Waals surface area contributed by atoms with Crippen molar-refractivity contribution in [2.45, 2.75) is 11.4 Å². The summed E-state index contributed by atoms with van der Waals surface area (Å²) in [7, 11) is -0.390. The summed E-state index contributed by atoms with van der Waals surface area (Å²) in [6.07, 6.45) is 0. The smallest absolute Gasteiger partial charge is 0.243 e. The highest BCUT2D eigenvalue weighted by molar-refractivity contribution is 9.10. The molecule has 0 unspecified atom stereocenters. The lowest BCUT2D eigenvalue weighted by atomic mass is 10.2. The van der Waals surface area contributed by atoms with Gasteiger partial charge >= 0.3 is 0 Å². The maximum absolute atomic E-state index is 11.8. The Morgan fingerprint density at radius 3 is 2.40 bits per heavy atom. The average Bonchev–Trinajstić information content (AvgIpc) is 2.16. The normalized spacial score (nSPS) is 12.1. The first kappa shape index (κ1) is 12.6. The molecule has 15 heavy (non-hydrogen) atoms. The van der Waals surface area contributed by atoms with Crippen LogP contribution in [-0.4, -0.2) is 26.8 Å². The average molecular weight is 293 g/mol. The minimum absolute atomic E-state index is 0.254. The topological polar surface area (TPSA) is 63.4 Å². The Balaban J connectivity index is 3.29. The summed E-state index contributed by atoms with van der Waals surface area (Å²) >= 11 is 3.23. The molecule has 84 valence electrons. The molecule has 0 aromatic heterocycles. The number of sulfonamides is 1. The number of benzene rings is 1. The van der Waals surface area contributed by atoms with E-state index in [1.807, 2.05) is 0 Å². The molecule has 2 N–H and O–H groups in total. The van der Waals surface area contributed by atoms with Crippen molar-refractivity contribution < 1.29 is 8.42 Å². The fraction of sp³-hybridized carbons (Fsp3) is 0.333. The summed E-state index contributed by atoms with van der Waals surface area (Å²) in [6, 6.07) is 4.99. The molecule has 4 nitrogen and oxygen atoms in total. The second-order valence-corrected chi connectivity index (χ2v) is 6.23. The molecule has 1 rings (SSSR count). The summed E-state index contributed by atoms with van der Waals surface area (Å²) in [6.45, 7) is 0.390. The molecule has 0 atom stereocenters. The highest BCUT2D eigenvalue weighted by atomic mass is 79.9. The predicted octanol–water partition coefficient (Wildman–Crippen LogP) is 1.16. The number of hydrogen-bond donors (Lipinski definition) is 1. The lowest BCUT2D eigenvalue weighted by molar-refractivity contribution is 0.520. The molecule has 0 saturated carbocycles. The zero-order chi connectivity index (χ0) is 11.6. The van der Waals surface area contributed by atoms with Crippen molar-refractivity contribution in [2.75, 3.05) is 14.1 Å². The van der Waals surface area contributed by atoms with Gasteiger partial charge in [0.15, 0.2) is 0 Å². The van der Waals surface area contributed by atoms with Crippen molar-refractivity contribution >= 4 is 26.0 Å². The Morgan fingerprint density at radius 1 is 1.40 bits per heavy atom. The maximum atomic E-state index is 11.8. The van der Waals surface area contributed by atoms with Crippen LogP contribution in [0.3, 0.4) is 0 Å². The minimum atomic E-state index is -3.39. The first-order chi connectivity index (χ1) is 6.89. The maximum Gasteiger partial charge on any atom is 0.243 e. The monoisotopic (exact) mass is 292 g/mol. The summed E-state index contributed by atoms with van der Waals surface area (Å²) in [5.74, 6) is 0. The largest absolute Gasteiger partial charge is 0.326 e. The molecule has 0 spiro atoms. The Kier molecular flexibility index (Phi) is 3.88. The molecule has 1 aromatic carbocycles. The van der Waals surface area contributed by atoms with Gasteiger partial charge in [-0.2, -0.15) is 0 Å². The number of hydrogen-bond acceptors (Lipinski definition) is 3. The van der Waals surface area contributed by atoms with Crippen LogP contribution in [0.5, 0.6) is 0 Å². The van der Waals surface area contributed by atoms with Crippen molar-refractivity contribution in [3.63, 3.8) is 0 Å². The molecule has 0 radical (unpaired) electrons. The van der Waals surface area contributed by atoms with Crippen molar-refractivity contribution in [1.29, 1.82) is 0 Å². The second kappa shape index (κ2) is 4.61. The molecular weight excluding hydrogens is 280 g/mol. The van der Waals surface area contributed by atoms with Crippen LogP contribution < -0.4 is 5.73 Å². The Hall–Kier alpha value is -0.430. The molecule has 0 aliphatic carbocycles. The summed E-state index contributed by atoms with van der Waals surface area (Å²) in [5, 5.41) is 0. The van der Waals surface area contributed by atoms with Gasteiger partial charge < -0.3 is 5.73 Å². The van der Waals surface area contributed by atoms with Crippen LogP contribution >= 0.6 is 15.9 Å². The fourth-order valence-corrected chi connectivity index (χ4v) is 3.06. The third-order valence-electron chi connectivity index (χ3n) is 1.99. The van der Waals surface area contributed by atoms with Crippen LogP contribution in [0.25, 0.3) is 0 Å². The van der Waals surface area contributed by atoms with Crippen LogP contribution in [0.1, 0.15) is 5.56 Å². The summed E-state index contributed by atoms with van der Waals surface area (Å²) in [5.41, 5.74) is 6.35. The number of nitrogens with two attached hydrogens (primary N) is 1. The van der Waals surface area contributed by atoms with Gasteiger partial charge in [0, 0.05) is 25.1 Å². The van der Waals surface area contributed by atoms with E-state index in [-0.39, 0.29) is 4.90 Å². The van der Waals surface area contributed by atoms with Gasteiger partial charge in [0.25, 0.3) is 0 Å². The molecule has 1 aromatic rings. The predicted molar refractivity (Wildman–Crippen MR) is 62.9 cm³/mol. The van der Waals surface area contributed by atoms with E-state index in [0.717, 1.165) is 5.56 Å². The van der Waals surface area contributed by atoms with Crippen LogP contribution in [0, 0.1) is 0 Å². The van der Waals surface area contributed by atoms with Gasteiger partial charge in [0.1, 0.15) is 0 Å². The number of halogens is 1. The van der Waals surface area contributed by atoms with Gasteiger partial charge in [-0.1, -0.05) is 6.07 Å². The molecule has 0 fully saturated rings. The molecule has 0 heterocycles. The fourth-order valence-electron chi connectivity index (χ4n) is 1.08. The van der Waals surface area contributed by atoms with Gasteiger partial charge in [-0.05, 0) is 33.6 Å². The standard InChI is InChI=1S/C9H13BrN2O2S/c1-12(2)15(13,14)9-4-3-7(6-11)5-8(9)10/h3-5H,6,11H2,1-2H3. The molecule has 6 heteroatoms. The molecule has 0 saturated heterocycles. The van der Waals surface area contributed by atoms with Crippen LogP contribution in [0.2, 0.25) is 0 Å². The van der Waals surface area contributed by atoms with Crippen LogP contribution in [0.15, 0.2) is 27.6 Å². The van der Waals surface area contributed by atoms with Crippen LogP contribution in [-0.2, 0) is 16.6 Å². The van der Waals surface area contributed by atoms with E-state index in [1.54, 1.807) is 18.2 Å². The van der Waals surface area contributed by atoms with Gasteiger partial charge in [-0.3, -0.25) is 0 Å². The van der Waals surface area contributed by atoms with E-state index in [2.05, 4.69) is 15.9 Å². The van der Waals surface area contributed by atoms with Crippen molar-refractivity contribution in [3.05, 3.63) is 28.2 Å². The molecule has 0 aliphatic heterocycles. The van der Waals surface area contributed by atoms with Gasteiger partial charge in [-0.15, -0.1) is 0 Å². The van der Waals surface area contributed by atoms with Crippen molar-refractivity contribution in [1.82, 2.24) is 4.31 Å². The third-order valence-corrected chi connectivity index (χ3v) is 4.78. The molecule has 0 amide bonds. The zero-order valence-electron chi connectivity index (χ0n) is 8.57. The second-order valence-electron chi connectivity index (χ2n) is 3.26. The highest BCUT2D eigenvalue weighted by Gasteiger charge is 2.20. The molecule has 0 aliphatic rings. The zero-order valence-corrected chi connectivity index (χ0v) is 11.0. The lowest BCUT2D eigenvalue weighted by Crippen LogP contribution is -2.22. The van der Waals surface area contributed by atoms with Gasteiger partial charge in [0.2, 0.25) is 10.0 Å². The quantitative estimate of drug-likeness (QED) is 0.909. The summed E-state index contributed by atoms with van der Waals surface area (Å²) in [4.78, 5) is 0.254. The van der Waals surface area contributed by atoms with E-state index in [1.165, 1.54) is 18.4 Å².